The van der Waals surface area contributed by atoms with Gasteiger partial charge >= 0.3 is 6.09 Å². The van der Waals surface area contributed by atoms with E-state index < -0.39 is 6.09 Å². The smallest absolute Gasteiger partial charge is 0.413 e. The van der Waals surface area contributed by atoms with E-state index in [1.54, 1.807) is 26.0 Å². The monoisotopic (exact) mass is 343 g/mol. The van der Waals surface area contributed by atoms with Gasteiger partial charge in [-0.2, -0.15) is 0 Å². The number of fused-ring (bicyclic) bond motifs is 1. The lowest BCUT2D eigenvalue weighted by atomic mass is 10.2. The molecule has 1 N–H and O–H groups in total. The van der Waals surface area contributed by atoms with E-state index >= 15 is 0 Å². The van der Waals surface area contributed by atoms with Gasteiger partial charge in [0.2, 0.25) is 0 Å². The largest absolute Gasteiger partial charge is 0.465 e. The first kappa shape index (κ1) is 14.0. The topological polar surface area (TPSA) is 66.3 Å². The lowest BCUT2D eigenvalue weighted by molar-refractivity contribution is 0.199. The summed E-state index contributed by atoms with van der Waals surface area (Å²) < 4.78 is 0.801. The van der Waals surface area contributed by atoms with Crippen LogP contribution in [-0.2, 0) is 0 Å². The zero-order chi connectivity index (χ0) is 14.2. The molecule has 2 aromatic rings. The molecule has 0 aliphatic heterocycles. The van der Waals surface area contributed by atoms with Crippen LogP contribution >= 0.6 is 27.5 Å². The Morgan fingerprint density at radius 1 is 1.37 bits per heavy atom. The van der Waals surface area contributed by atoms with Crippen LogP contribution in [0.2, 0.25) is 5.02 Å². The number of amides is 1. The first-order valence-electron chi connectivity index (χ1n) is 5.55. The zero-order valence-electron chi connectivity index (χ0n) is 10.3. The van der Waals surface area contributed by atoms with Gasteiger partial charge in [0.25, 0.3) is 0 Å². The highest BCUT2D eigenvalue weighted by molar-refractivity contribution is 9.10. The summed E-state index contributed by atoms with van der Waals surface area (Å²) in [6.07, 6.45) is -1.07. The highest BCUT2D eigenvalue weighted by Crippen LogP contribution is 2.28. The van der Waals surface area contributed by atoms with Crippen molar-refractivity contribution in [1.29, 1.82) is 0 Å². The van der Waals surface area contributed by atoms with Crippen molar-refractivity contribution in [3.8, 4) is 0 Å². The van der Waals surface area contributed by atoms with Gasteiger partial charge in [-0.25, -0.2) is 4.79 Å². The van der Waals surface area contributed by atoms with Gasteiger partial charge in [0.1, 0.15) is 5.52 Å². The molecule has 1 heterocycles. The molecular formula is C12H11BrClN3O2. The Kier molecular flexibility index (Phi) is 3.91. The normalized spacial score (nSPS) is 11.0. The number of rotatable bonds is 2. The predicted molar refractivity (Wildman–Crippen MR) is 77.9 cm³/mol. The maximum absolute atomic E-state index is 11.2. The Labute approximate surface area is 123 Å². The zero-order valence-corrected chi connectivity index (χ0v) is 12.6. The minimum Gasteiger partial charge on any atom is -0.465 e. The summed E-state index contributed by atoms with van der Waals surface area (Å²) in [6.45, 7) is 3.54. The fraction of sp³-hybridized carbons (Fsp3) is 0.250. The molecule has 0 aliphatic carbocycles. The number of benzene rings is 1. The molecule has 1 aromatic heterocycles. The fourth-order valence-corrected chi connectivity index (χ4v) is 2.64. The van der Waals surface area contributed by atoms with Gasteiger partial charge in [0, 0.05) is 15.9 Å². The second-order valence-corrected chi connectivity index (χ2v) is 5.60. The fourth-order valence-electron chi connectivity index (χ4n) is 1.77. The van der Waals surface area contributed by atoms with Crippen molar-refractivity contribution in [2.45, 2.75) is 19.9 Å². The third kappa shape index (κ3) is 2.79. The Balaban J connectivity index is 2.60. The van der Waals surface area contributed by atoms with Crippen molar-refractivity contribution in [1.82, 2.24) is 10.2 Å². The number of hydrogen-bond acceptors (Lipinski definition) is 3. The summed E-state index contributed by atoms with van der Waals surface area (Å²) in [4.78, 5) is 12.4. The number of aromatic nitrogens is 2. The molecule has 0 atom stereocenters. The van der Waals surface area contributed by atoms with Gasteiger partial charge in [0.05, 0.1) is 5.02 Å². The van der Waals surface area contributed by atoms with Crippen molar-refractivity contribution in [2.24, 2.45) is 0 Å². The third-order valence-corrected chi connectivity index (χ3v) is 3.31. The van der Waals surface area contributed by atoms with Crippen LogP contribution in [0.4, 0.5) is 10.6 Å². The molecule has 7 heteroatoms. The van der Waals surface area contributed by atoms with Crippen LogP contribution < -0.4 is 4.90 Å². The first-order valence-corrected chi connectivity index (χ1v) is 6.72. The Morgan fingerprint density at radius 2 is 2.05 bits per heavy atom. The molecule has 1 aromatic carbocycles. The third-order valence-electron chi connectivity index (χ3n) is 2.56. The van der Waals surface area contributed by atoms with Crippen LogP contribution in [0.15, 0.2) is 22.7 Å². The van der Waals surface area contributed by atoms with E-state index in [9.17, 15) is 9.90 Å². The lowest BCUT2D eigenvalue weighted by Crippen LogP contribution is -2.36. The maximum atomic E-state index is 11.2. The quantitative estimate of drug-likeness (QED) is 0.896. The number of nitrogens with zero attached hydrogens (tertiary/aromatic N) is 3. The van der Waals surface area contributed by atoms with Crippen molar-refractivity contribution < 1.29 is 9.90 Å². The lowest BCUT2D eigenvalue weighted by Gasteiger charge is -2.21. The molecular weight excluding hydrogens is 334 g/mol. The summed E-state index contributed by atoms with van der Waals surface area (Å²) in [6, 6.07) is 4.97. The number of halogens is 2. The molecule has 0 fully saturated rings. The molecule has 19 heavy (non-hydrogen) atoms. The molecule has 0 aliphatic rings. The Bertz CT molecular complexity index is 648. The van der Waals surface area contributed by atoms with Crippen LogP contribution in [0.3, 0.4) is 0 Å². The van der Waals surface area contributed by atoms with Gasteiger partial charge in [0.15, 0.2) is 5.82 Å². The van der Waals surface area contributed by atoms with Crippen LogP contribution in [-0.4, -0.2) is 27.4 Å². The second-order valence-electron chi connectivity index (χ2n) is 4.27. The molecule has 0 radical (unpaired) electrons. The van der Waals surface area contributed by atoms with Crippen LogP contribution in [0.25, 0.3) is 10.9 Å². The van der Waals surface area contributed by atoms with Gasteiger partial charge in [-0.05, 0) is 32.0 Å². The standard InChI is InChI=1S/C12H11BrClN3O2/c1-6(2)17(12(18)19)10-4-7-3-8(13)5-9(14)11(7)16-15-10/h3-6H,1-2H3,(H,18,19). The number of carbonyl (C=O) groups is 1. The minimum absolute atomic E-state index is 0.230. The Morgan fingerprint density at radius 3 is 2.63 bits per heavy atom. The van der Waals surface area contributed by atoms with Crippen molar-refractivity contribution in [2.75, 3.05) is 4.90 Å². The van der Waals surface area contributed by atoms with Gasteiger partial charge in [-0.1, -0.05) is 27.5 Å². The summed E-state index contributed by atoms with van der Waals surface area (Å²) in [5, 5.41) is 18.3. The van der Waals surface area contributed by atoms with E-state index in [0.717, 1.165) is 14.8 Å². The Hall–Kier alpha value is -1.40. The number of hydrogen-bond donors (Lipinski definition) is 1. The van der Waals surface area contributed by atoms with E-state index in [1.165, 1.54) is 0 Å². The number of anilines is 1. The molecule has 0 unspecified atom stereocenters. The highest BCUT2D eigenvalue weighted by Gasteiger charge is 2.20. The first-order chi connectivity index (χ1) is 8.90. The summed E-state index contributed by atoms with van der Waals surface area (Å²) in [5.41, 5.74) is 0.544. The molecule has 0 saturated carbocycles. The van der Waals surface area contributed by atoms with E-state index in [2.05, 4.69) is 26.1 Å². The molecule has 0 bridgehead atoms. The van der Waals surface area contributed by atoms with Crippen molar-refractivity contribution in [3.05, 3.63) is 27.7 Å². The van der Waals surface area contributed by atoms with Crippen molar-refractivity contribution >= 4 is 50.3 Å². The summed E-state index contributed by atoms with van der Waals surface area (Å²) in [5.74, 6) is 0.282. The van der Waals surface area contributed by atoms with E-state index in [4.69, 9.17) is 11.6 Å². The van der Waals surface area contributed by atoms with Gasteiger partial charge < -0.3 is 5.11 Å². The number of carboxylic acid groups (broad SMARTS) is 1. The maximum Gasteiger partial charge on any atom is 0.413 e. The van der Waals surface area contributed by atoms with Crippen molar-refractivity contribution in [3.63, 3.8) is 0 Å². The molecule has 2 rings (SSSR count). The van der Waals surface area contributed by atoms with E-state index in [0.29, 0.717) is 10.5 Å². The van der Waals surface area contributed by atoms with Crippen LogP contribution in [0.5, 0.6) is 0 Å². The average Bonchev–Trinajstić information content (AvgIpc) is 2.26. The minimum atomic E-state index is -1.07. The van der Waals surface area contributed by atoms with E-state index in [1.807, 2.05) is 6.07 Å². The molecule has 1 amide bonds. The summed E-state index contributed by atoms with van der Waals surface area (Å²) >= 11 is 9.40. The predicted octanol–water partition coefficient (Wildman–Crippen LogP) is 3.94. The van der Waals surface area contributed by atoms with Crippen LogP contribution in [0.1, 0.15) is 13.8 Å². The van der Waals surface area contributed by atoms with Crippen LogP contribution in [0, 0.1) is 0 Å². The summed E-state index contributed by atoms with van der Waals surface area (Å²) in [7, 11) is 0. The van der Waals surface area contributed by atoms with Gasteiger partial charge in [-0.15, -0.1) is 10.2 Å². The molecule has 0 spiro atoms. The average molecular weight is 345 g/mol. The second kappa shape index (κ2) is 5.30. The SMILES string of the molecule is CC(C)N(C(=O)O)c1cc2cc(Br)cc(Cl)c2nn1. The van der Waals surface area contributed by atoms with Gasteiger partial charge in [-0.3, -0.25) is 4.90 Å². The highest BCUT2D eigenvalue weighted by atomic mass is 79.9. The van der Waals surface area contributed by atoms with E-state index in [-0.39, 0.29) is 11.9 Å². The molecule has 5 nitrogen and oxygen atoms in total. The molecule has 100 valence electrons. The molecule has 0 saturated heterocycles.